The number of hydrogen-bond acceptors (Lipinski definition) is 3. The SMILES string of the molecule is Cc1nc2c3ccc(-c4ccccc4-c4cc(-c5ccccc5-c5ccc(-n6cccn6)cc5)cc(-c5ccccc5-c5ccc(-c6ccccn6)cc5-c5ccc(-c6ccccc6)cc5)c4)cc3c3ccccc3n2c1C. The lowest BCUT2D eigenvalue weighted by Gasteiger charge is -2.19. The number of hydrogen-bond donors (Lipinski definition) is 0. The smallest absolute Gasteiger partial charge is 0.145 e. The maximum atomic E-state index is 5.12. The molecule has 0 atom stereocenters. The highest BCUT2D eigenvalue weighted by atomic mass is 15.3. The van der Waals surface area contributed by atoms with E-state index in [4.69, 9.17) is 9.97 Å². The molecular weight excluding hydrogens is 947 g/mol. The van der Waals surface area contributed by atoms with Crippen LogP contribution in [-0.4, -0.2) is 24.1 Å². The predicted octanol–water partition coefficient (Wildman–Crippen LogP) is 18.8. The van der Waals surface area contributed by atoms with E-state index in [9.17, 15) is 0 Å². The van der Waals surface area contributed by atoms with Crippen LogP contribution >= 0.6 is 0 Å². The molecule has 4 aromatic heterocycles. The summed E-state index contributed by atoms with van der Waals surface area (Å²) in [6, 6.07) is 92.6. The number of rotatable bonds is 10. The second-order valence-corrected chi connectivity index (χ2v) is 20.1. The van der Waals surface area contributed by atoms with Gasteiger partial charge in [-0.25, -0.2) is 9.67 Å². The lowest BCUT2D eigenvalue weighted by atomic mass is 9.84. The van der Waals surface area contributed by atoms with Gasteiger partial charge in [0.05, 0.1) is 22.6 Å². The Kier molecular flexibility index (Phi) is 11.6. The van der Waals surface area contributed by atoms with Gasteiger partial charge < -0.3 is 0 Å². The zero-order valence-electron chi connectivity index (χ0n) is 43.2. The molecule has 0 fully saturated rings. The van der Waals surface area contributed by atoms with Crippen molar-refractivity contribution in [1.29, 1.82) is 0 Å². The zero-order chi connectivity index (χ0) is 52.1. The fourth-order valence-electron chi connectivity index (χ4n) is 11.5. The molecular formula is C73H51N5. The second kappa shape index (κ2) is 19.5. The van der Waals surface area contributed by atoms with Gasteiger partial charge in [-0.2, -0.15) is 5.10 Å². The Bertz CT molecular complexity index is 4540. The molecule has 14 aromatic rings. The van der Waals surface area contributed by atoms with Crippen molar-refractivity contribution in [3.63, 3.8) is 0 Å². The number of pyridine rings is 2. The van der Waals surface area contributed by atoms with Gasteiger partial charge in [0, 0.05) is 40.6 Å². The van der Waals surface area contributed by atoms with Crippen molar-refractivity contribution in [1.82, 2.24) is 24.1 Å². The highest BCUT2D eigenvalue weighted by Crippen LogP contribution is 2.45. The second-order valence-electron chi connectivity index (χ2n) is 20.1. The molecule has 0 unspecified atom stereocenters. The minimum absolute atomic E-state index is 0.935. The Morgan fingerprint density at radius 1 is 0.321 bits per heavy atom. The molecule has 0 bridgehead atoms. The number of aryl methyl sites for hydroxylation is 2. The first kappa shape index (κ1) is 46.3. The van der Waals surface area contributed by atoms with Crippen LogP contribution in [0.4, 0.5) is 0 Å². The molecule has 0 N–H and O–H groups in total. The van der Waals surface area contributed by atoms with Crippen LogP contribution in [0.5, 0.6) is 0 Å². The third-order valence-corrected chi connectivity index (χ3v) is 15.5. The van der Waals surface area contributed by atoms with E-state index < -0.39 is 0 Å². The van der Waals surface area contributed by atoms with Gasteiger partial charge in [-0.15, -0.1) is 0 Å². The quantitative estimate of drug-likeness (QED) is 0.128. The van der Waals surface area contributed by atoms with Crippen molar-refractivity contribution in [2.75, 3.05) is 0 Å². The molecule has 5 heteroatoms. The Morgan fingerprint density at radius 2 is 0.846 bits per heavy atom. The number of benzene rings is 10. The Balaban J connectivity index is 0.970. The lowest BCUT2D eigenvalue weighted by Crippen LogP contribution is -1.95. The van der Waals surface area contributed by atoms with Crippen molar-refractivity contribution < 1.29 is 0 Å². The molecule has 0 aliphatic heterocycles. The van der Waals surface area contributed by atoms with Crippen LogP contribution in [0.1, 0.15) is 11.4 Å². The summed E-state index contributed by atoms with van der Waals surface area (Å²) in [7, 11) is 0. The molecule has 0 amide bonds. The van der Waals surface area contributed by atoms with Gasteiger partial charge in [-0.1, -0.05) is 182 Å². The van der Waals surface area contributed by atoms with Crippen molar-refractivity contribution in [3.05, 3.63) is 285 Å². The molecule has 368 valence electrons. The molecule has 0 saturated carbocycles. The molecule has 0 saturated heterocycles. The normalized spacial score (nSPS) is 11.5. The summed E-state index contributed by atoms with van der Waals surface area (Å²) >= 11 is 0. The monoisotopic (exact) mass is 997 g/mol. The van der Waals surface area contributed by atoms with Crippen LogP contribution < -0.4 is 0 Å². The molecule has 0 aliphatic carbocycles. The van der Waals surface area contributed by atoms with E-state index in [0.717, 1.165) is 123 Å². The highest BCUT2D eigenvalue weighted by Gasteiger charge is 2.20. The topological polar surface area (TPSA) is 48.0 Å². The molecule has 78 heavy (non-hydrogen) atoms. The number of para-hydroxylation sites is 1. The summed E-state index contributed by atoms with van der Waals surface area (Å²) in [6.45, 7) is 4.27. The Labute approximate surface area is 453 Å². The lowest BCUT2D eigenvalue weighted by molar-refractivity contribution is 0.881. The van der Waals surface area contributed by atoms with Crippen LogP contribution in [-0.2, 0) is 0 Å². The van der Waals surface area contributed by atoms with Crippen molar-refractivity contribution in [2.24, 2.45) is 0 Å². The first-order valence-corrected chi connectivity index (χ1v) is 26.6. The van der Waals surface area contributed by atoms with E-state index in [1.54, 1.807) is 0 Å². The summed E-state index contributed by atoms with van der Waals surface area (Å²) < 4.78 is 4.21. The third-order valence-electron chi connectivity index (χ3n) is 15.5. The van der Waals surface area contributed by atoms with Crippen molar-refractivity contribution in [3.8, 4) is 106 Å². The van der Waals surface area contributed by atoms with Gasteiger partial charge in [-0.3, -0.25) is 9.38 Å². The van der Waals surface area contributed by atoms with Gasteiger partial charge in [0.25, 0.3) is 0 Å². The number of fused-ring (bicyclic) bond motifs is 6. The molecule has 0 aliphatic rings. The molecule has 0 radical (unpaired) electrons. The zero-order valence-corrected chi connectivity index (χ0v) is 43.2. The minimum Gasteiger partial charge on any atom is -0.296 e. The summed E-state index contributed by atoms with van der Waals surface area (Å²) in [4.78, 5) is 9.91. The number of imidazole rings is 1. The van der Waals surface area contributed by atoms with E-state index in [1.807, 2.05) is 35.4 Å². The van der Waals surface area contributed by atoms with E-state index in [-0.39, 0.29) is 0 Å². The van der Waals surface area contributed by atoms with E-state index in [2.05, 4.69) is 266 Å². The van der Waals surface area contributed by atoms with Crippen LogP contribution in [0.3, 0.4) is 0 Å². The molecule has 14 rings (SSSR count). The summed E-state index contributed by atoms with van der Waals surface area (Å²) in [5.41, 5.74) is 25.7. The van der Waals surface area contributed by atoms with Crippen LogP contribution in [0.25, 0.3) is 133 Å². The van der Waals surface area contributed by atoms with E-state index in [0.29, 0.717) is 0 Å². The minimum atomic E-state index is 0.935. The van der Waals surface area contributed by atoms with E-state index in [1.165, 1.54) is 21.9 Å². The first-order valence-electron chi connectivity index (χ1n) is 26.6. The fraction of sp³-hybridized carbons (Fsp3) is 0.0274. The average molecular weight is 998 g/mol. The van der Waals surface area contributed by atoms with Crippen LogP contribution in [0.2, 0.25) is 0 Å². The van der Waals surface area contributed by atoms with Crippen LogP contribution in [0.15, 0.2) is 273 Å². The van der Waals surface area contributed by atoms with Gasteiger partial charge in [0.15, 0.2) is 0 Å². The number of aromatic nitrogens is 5. The summed E-state index contributed by atoms with van der Waals surface area (Å²) in [5, 5.41) is 8.03. The largest absolute Gasteiger partial charge is 0.296 e. The summed E-state index contributed by atoms with van der Waals surface area (Å²) in [5.74, 6) is 0. The maximum Gasteiger partial charge on any atom is 0.145 e. The summed E-state index contributed by atoms with van der Waals surface area (Å²) in [6.07, 6.45) is 5.66. The number of nitrogens with zero attached hydrogens (tertiary/aromatic N) is 5. The van der Waals surface area contributed by atoms with Gasteiger partial charge >= 0.3 is 0 Å². The molecule has 4 heterocycles. The Hall–Kier alpha value is -10.2. The fourth-order valence-corrected chi connectivity index (χ4v) is 11.5. The van der Waals surface area contributed by atoms with E-state index >= 15 is 0 Å². The van der Waals surface area contributed by atoms with Crippen LogP contribution in [0, 0.1) is 13.8 Å². The van der Waals surface area contributed by atoms with Gasteiger partial charge in [0.1, 0.15) is 5.65 Å². The third kappa shape index (κ3) is 8.26. The first-order chi connectivity index (χ1) is 38.5. The predicted molar refractivity (Wildman–Crippen MR) is 324 cm³/mol. The molecule has 0 spiro atoms. The van der Waals surface area contributed by atoms with Crippen molar-refractivity contribution >= 4 is 27.3 Å². The molecule has 5 nitrogen and oxygen atoms in total. The molecule has 10 aromatic carbocycles. The van der Waals surface area contributed by atoms with Gasteiger partial charge in [0.2, 0.25) is 0 Å². The standard InChI is InChI=1S/C73H51N5/c1-48-49(2)78-72-27-13-12-25-67(72)70-46-54(34-39-68(70)73(78)76-48)61-20-7-9-22-63(61)57-43-56(62-21-8-6-19-60(62)52-32-36-59(37-33-52)77-42-16-41-75-77)44-58(45-57)64-23-10-11-24-65(64)66-38-35-55(71-26-14-15-40-74-71)47-69(66)53-30-28-51(29-31-53)50-17-4-3-5-18-50/h3-47H,1-2H3. The Morgan fingerprint density at radius 3 is 1.51 bits per heavy atom. The highest BCUT2D eigenvalue weighted by molar-refractivity contribution is 6.13. The van der Waals surface area contributed by atoms with Gasteiger partial charge in [-0.05, 0) is 181 Å². The van der Waals surface area contributed by atoms with Crippen molar-refractivity contribution in [2.45, 2.75) is 13.8 Å². The maximum absolute atomic E-state index is 5.12. The average Bonchev–Trinajstić information content (AvgIpc) is 4.31.